The van der Waals surface area contributed by atoms with E-state index in [1.807, 2.05) is 27.7 Å². The van der Waals surface area contributed by atoms with Gasteiger partial charge in [-0.3, -0.25) is 0 Å². The van der Waals surface area contributed by atoms with Crippen LogP contribution >= 0.6 is 23.2 Å². The first kappa shape index (κ1) is 15.5. The van der Waals surface area contributed by atoms with E-state index in [9.17, 15) is 0 Å². The van der Waals surface area contributed by atoms with Crippen molar-refractivity contribution in [3.63, 3.8) is 0 Å². The zero-order chi connectivity index (χ0) is 11.9. The molecule has 0 bridgehead atoms. The summed E-state index contributed by atoms with van der Waals surface area (Å²) in [6.07, 6.45) is 4.05. The summed E-state index contributed by atoms with van der Waals surface area (Å²) < 4.78 is 5.51. The summed E-state index contributed by atoms with van der Waals surface area (Å²) >= 11 is 12.1. The third-order valence-electron chi connectivity index (χ3n) is 2.12. The summed E-state index contributed by atoms with van der Waals surface area (Å²) in [5, 5.41) is 0. The predicted octanol–water partition coefficient (Wildman–Crippen LogP) is 4.60. The fourth-order valence-corrected chi connectivity index (χ4v) is 1.56. The van der Waals surface area contributed by atoms with Crippen molar-refractivity contribution in [2.75, 3.05) is 13.2 Å². The van der Waals surface area contributed by atoms with Gasteiger partial charge in [0.2, 0.25) is 0 Å². The monoisotopic (exact) mass is 254 g/mol. The van der Waals surface area contributed by atoms with Crippen molar-refractivity contribution in [3.05, 3.63) is 0 Å². The lowest BCUT2D eigenvalue weighted by atomic mass is 10.1. The Kier molecular flexibility index (Phi) is 7.23. The highest BCUT2D eigenvalue weighted by molar-refractivity contribution is 6.23. The van der Waals surface area contributed by atoms with E-state index in [1.54, 1.807) is 0 Å². The highest BCUT2D eigenvalue weighted by Crippen LogP contribution is 2.20. The Morgan fingerprint density at radius 1 is 0.800 bits per heavy atom. The lowest BCUT2D eigenvalue weighted by molar-refractivity contribution is 0.123. The molecule has 0 N–H and O–H groups in total. The van der Waals surface area contributed by atoms with Crippen molar-refractivity contribution in [1.29, 1.82) is 0 Å². The van der Waals surface area contributed by atoms with Crippen LogP contribution in [0.2, 0.25) is 0 Å². The second kappa shape index (κ2) is 6.98. The molecule has 0 aliphatic heterocycles. The van der Waals surface area contributed by atoms with Crippen LogP contribution in [0.4, 0.5) is 0 Å². The Balaban J connectivity index is 3.20. The van der Waals surface area contributed by atoms with Crippen LogP contribution < -0.4 is 0 Å². The Morgan fingerprint density at radius 3 is 1.40 bits per heavy atom. The molecule has 0 saturated heterocycles. The number of hydrogen-bond acceptors (Lipinski definition) is 1. The van der Waals surface area contributed by atoms with Gasteiger partial charge >= 0.3 is 0 Å². The third kappa shape index (κ3) is 14.5. The molecule has 0 atom stereocenters. The molecule has 0 spiro atoms. The van der Waals surface area contributed by atoms with Gasteiger partial charge in [-0.05, 0) is 53.4 Å². The molecular formula is C12H24Cl2O. The van der Waals surface area contributed by atoms with Crippen molar-refractivity contribution in [2.45, 2.75) is 63.1 Å². The fraction of sp³-hybridized carbons (Fsp3) is 1.00. The van der Waals surface area contributed by atoms with Crippen molar-refractivity contribution < 1.29 is 4.74 Å². The minimum absolute atomic E-state index is 0.0957. The molecule has 0 heterocycles. The van der Waals surface area contributed by atoms with Crippen LogP contribution in [-0.2, 0) is 4.74 Å². The predicted molar refractivity (Wildman–Crippen MR) is 69.2 cm³/mol. The molecule has 0 fully saturated rings. The largest absolute Gasteiger partial charge is 0.381 e. The van der Waals surface area contributed by atoms with E-state index in [0.717, 1.165) is 38.9 Å². The first-order valence-electron chi connectivity index (χ1n) is 5.66. The number of halogens is 2. The molecule has 0 aromatic carbocycles. The first-order chi connectivity index (χ1) is 6.71. The summed E-state index contributed by atoms with van der Waals surface area (Å²) in [6.45, 7) is 9.74. The van der Waals surface area contributed by atoms with Gasteiger partial charge in [0.15, 0.2) is 0 Å². The Labute approximate surface area is 104 Å². The van der Waals surface area contributed by atoms with Crippen LogP contribution in [0.15, 0.2) is 0 Å². The maximum absolute atomic E-state index is 6.06. The summed E-state index contributed by atoms with van der Waals surface area (Å²) in [6, 6.07) is 0. The Morgan fingerprint density at radius 2 is 1.13 bits per heavy atom. The van der Waals surface area contributed by atoms with Crippen LogP contribution in [0.25, 0.3) is 0 Å². The molecule has 0 rings (SSSR count). The average molecular weight is 255 g/mol. The highest BCUT2D eigenvalue weighted by Gasteiger charge is 2.13. The van der Waals surface area contributed by atoms with Crippen LogP contribution in [0.3, 0.4) is 0 Å². The van der Waals surface area contributed by atoms with Gasteiger partial charge in [0.05, 0.1) is 0 Å². The average Bonchev–Trinajstić information content (AvgIpc) is 1.98. The van der Waals surface area contributed by atoms with Crippen LogP contribution in [-0.4, -0.2) is 23.0 Å². The molecule has 0 unspecified atom stereocenters. The van der Waals surface area contributed by atoms with Gasteiger partial charge in [0.25, 0.3) is 0 Å². The van der Waals surface area contributed by atoms with E-state index >= 15 is 0 Å². The number of alkyl halides is 2. The lowest BCUT2D eigenvalue weighted by Gasteiger charge is -2.16. The lowest BCUT2D eigenvalue weighted by Crippen LogP contribution is -2.13. The van der Waals surface area contributed by atoms with Gasteiger partial charge in [-0.1, -0.05) is 0 Å². The molecule has 0 amide bonds. The maximum Gasteiger partial charge on any atom is 0.0466 e. The van der Waals surface area contributed by atoms with Gasteiger partial charge in [-0.15, -0.1) is 23.2 Å². The van der Waals surface area contributed by atoms with E-state index in [1.165, 1.54) is 0 Å². The number of hydrogen-bond donors (Lipinski definition) is 0. The molecule has 0 aliphatic carbocycles. The highest BCUT2D eigenvalue weighted by atomic mass is 35.5. The SMILES string of the molecule is CC(C)(Cl)CCCOCCCC(C)(C)Cl. The minimum atomic E-state index is -0.0957. The smallest absolute Gasteiger partial charge is 0.0466 e. The van der Waals surface area contributed by atoms with E-state index in [4.69, 9.17) is 27.9 Å². The molecule has 0 aliphatic rings. The van der Waals surface area contributed by atoms with Gasteiger partial charge in [0, 0.05) is 23.0 Å². The zero-order valence-electron chi connectivity index (χ0n) is 10.4. The standard InChI is InChI=1S/C12H24Cl2O/c1-11(2,13)7-5-9-15-10-6-8-12(3,4)14/h5-10H2,1-4H3. The van der Waals surface area contributed by atoms with Crippen LogP contribution in [0.5, 0.6) is 0 Å². The van der Waals surface area contributed by atoms with E-state index in [2.05, 4.69) is 0 Å². The molecule has 0 radical (unpaired) electrons. The van der Waals surface area contributed by atoms with Crippen LogP contribution in [0.1, 0.15) is 53.4 Å². The minimum Gasteiger partial charge on any atom is -0.381 e. The number of rotatable bonds is 8. The Bertz CT molecular complexity index is 138. The third-order valence-corrected chi connectivity index (χ3v) is 2.50. The van der Waals surface area contributed by atoms with Gasteiger partial charge < -0.3 is 4.74 Å². The summed E-state index contributed by atoms with van der Waals surface area (Å²) in [5.74, 6) is 0. The zero-order valence-corrected chi connectivity index (χ0v) is 11.9. The maximum atomic E-state index is 6.06. The molecule has 92 valence electrons. The summed E-state index contributed by atoms with van der Waals surface area (Å²) in [7, 11) is 0. The van der Waals surface area contributed by atoms with E-state index in [-0.39, 0.29) is 9.75 Å². The molecule has 0 saturated carbocycles. The number of ether oxygens (including phenoxy) is 1. The fourth-order valence-electron chi connectivity index (χ4n) is 1.29. The van der Waals surface area contributed by atoms with E-state index < -0.39 is 0 Å². The van der Waals surface area contributed by atoms with Crippen molar-refractivity contribution in [3.8, 4) is 0 Å². The molecule has 0 aromatic rings. The van der Waals surface area contributed by atoms with Crippen molar-refractivity contribution in [1.82, 2.24) is 0 Å². The second-order valence-electron chi connectivity index (χ2n) is 5.26. The summed E-state index contributed by atoms with van der Waals surface area (Å²) in [5.41, 5.74) is 0. The Hall–Kier alpha value is 0.540. The molecule has 15 heavy (non-hydrogen) atoms. The topological polar surface area (TPSA) is 9.23 Å². The quantitative estimate of drug-likeness (QED) is 0.455. The van der Waals surface area contributed by atoms with Gasteiger partial charge in [-0.2, -0.15) is 0 Å². The summed E-state index contributed by atoms with van der Waals surface area (Å²) in [4.78, 5) is -0.191. The molecule has 3 heteroatoms. The van der Waals surface area contributed by atoms with Gasteiger partial charge in [0.1, 0.15) is 0 Å². The van der Waals surface area contributed by atoms with Crippen molar-refractivity contribution in [2.24, 2.45) is 0 Å². The van der Waals surface area contributed by atoms with E-state index in [0.29, 0.717) is 0 Å². The van der Waals surface area contributed by atoms with Crippen LogP contribution in [0, 0.1) is 0 Å². The molecule has 0 aromatic heterocycles. The molecular weight excluding hydrogens is 231 g/mol. The molecule has 1 nitrogen and oxygen atoms in total. The second-order valence-corrected chi connectivity index (χ2v) is 7.30. The normalized spacial score (nSPS) is 13.2. The van der Waals surface area contributed by atoms with Gasteiger partial charge in [-0.25, -0.2) is 0 Å². The first-order valence-corrected chi connectivity index (χ1v) is 6.42. The van der Waals surface area contributed by atoms with Crippen molar-refractivity contribution >= 4 is 23.2 Å².